The molecule has 0 bridgehead atoms. The first-order chi connectivity index (χ1) is 13.7. The largest absolute Gasteiger partial charge is 0.472 e. The lowest BCUT2D eigenvalue weighted by Crippen LogP contribution is -2.66. The van der Waals surface area contributed by atoms with Crippen LogP contribution in [0.4, 0.5) is 10.1 Å². The summed E-state index contributed by atoms with van der Waals surface area (Å²) in [5.41, 5.74) is 3.92. The molecule has 0 unspecified atom stereocenters. The predicted molar refractivity (Wildman–Crippen MR) is 101 cm³/mol. The van der Waals surface area contributed by atoms with Crippen LogP contribution in [0.1, 0.15) is 5.56 Å². The molecule has 0 N–H and O–H groups in total. The van der Waals surface area contributed by atoms with E-state index < -0.39 is 6.17 Å². The van der Waals surface area contributed by atoms with Gasteiger partial charge in [0.25, 0.3) is 0 Å². The normalized spacial score (nSPS) is 19.4. The minimum Gasteiger partial charge on any atom is -0.472 e. The van der Waals surface area contributed by atoms with Crippen molar-refractivity contribution in [2.45, 2.75) is 18.8 Å². The van der Waals surface area contributed by atoms with Gasteiger partial charge in [0.1, 0.15) is 18.5 Å². The van der Waals surface area contributed by atoms with Crippen molar-refractivity contribution in [1.29, 1.82) is 0 Å². The monoisotopic (exact) mass is 378 g/mol. The molecule has 0 aliphatic carbocycles. The third-order valence-electron chi connectivity index (χ3n) is 5.76. The Balaban J connectivity index is 1.19. The minimum absolute atomic E-state index is 0.461. The quantitative estimate of drug-likeness (QED) is 0.695. The van der Waals surface area contributed by atoms with Crippen molar-refractivity contribution in [1.82, 2.24) is 24.6 Å². The Morgan fingerprint density at radius 1 is 1.07 bits per heavy atom. The topological polar surface area (TPSA) is 59.3 Å². The number of hydrogen-bond donors (Lipinski definition) is 0. The van der Waals surface area contributed by atoms with Gasteiger partial charge in [-0.3, -0.25) is 4.90 Å². The Kier molecular flexibility index (Phi) is 3.43. The molecule has 28 heavy (non-hydrogen) atoms. The zero-order valence-electron chi connectivity index (χ0n) is 15.2. The second-order valence-corrected chi connectivity index (χ2v) is 7.58. The third kappa shape index (κ3) is 2.48. The highest BCUT2D eigenvalue weighted by Crippen LogP contribution is 2.35. The second-order valence-electron chi connectivity index (χ2n) is 7.58. The highest BCUT2D eigenvalue weighted by molar-refractivity contribution is 5.69. The van der Waals surface area contributed by atoms with Gasteiger partial charge in [0.05, 0.1) is 17.4 Å². The van der Waals surface area contributed by atoms with E-state index in [0.717, 1.165) is 41.4 Å². The van der Waals surface area contributed by atoms with Gasteiger partial charge in [-0.1, -0.05) is 0 Å². The van der Waals surface area contributed by atoms with Crippen molar-refractivity contribution >= 4 is 5.69 Å². The number of alkyl halides is 1. The fraction of sp³-hybridized carbons (Fsp3) is 0.350. The fourth-order valence-electron chi connectivity index (χ4n) is 4.04. The van der Waals surface area contributed by atoms with Crippen molar-refractivity contribution in [3.8, 4) is 23.0 Å². The Morgan fingerprint density at radius 3 is 2.75 bits per heavy atom. The molecular weight excluding hydrogens is 359 g/mol. The maximum Gasteiger partial charge on any atom is 0.223 e. The standard InChI is InChI=1S/C20H19FN6O/c21-14-8-25(9-14)16-10-26(11-16)15-3-4-18(23-6-15)27-7-13-12-28-20-17(19(13)24-27)2-1-5-22-20/h1-7,14,16H,8-12H2. The van der Waals surface area contributed by atoms with E-state index in [4.69, 9.17) is 9.84 Å². The molecule has 142 valence electrons. The molecule has 0 amide bonds. The molecule has 2 fully saturated rings. The molecule has 3 aromatic heterocycles. The molecule has 6 heterocycles. The van der Waals surface area contributed by atoms with Gasteiger partial charge in [0, 0.05) is 50.2 Å². The Labute approximate surface area is 161 Å². The van der Waals surface area contributed by atoms with Crippen LogP contribution in [0.2, 0.25) is 0 Å². The maximum absolute atomic E-state index is 13.0. The third-order valence-corrected chi connectivity index (χ3v) is 5.76. The lowest BCUT2D eigenvalue weighted by Gasteiger charge is -2.50. The van der Waals surface area contributed by atoms with Crippen LogP contribution < -0.4 is 9.64 Å². The molecule has 0 aromatic carbocycles. The number of fused-ring (bicyclic) bond motifs is 3. The summed E-state index contributed by atoms with van der Waals surface area (Å²) in [4.78, 5) is 13.3. The number of halogens is 1. The summed E-state index contributed by atoms with van der Waals surface area (Å²) >= 11 is 0. The molecule has 3 aromatic rings. The summed E-state index contributed by atoms with van der Waals surface area (Å²) in [5.74, 6) is 1.39. The summed E-state index contributed by atoms with van der Waals surface area (Å²) in [7, 11) is 0. The molecule has 0 radical (unpaired) electrons. The number of rotatable bonds is 3. The van der Waals surface area contributed by atoms with Gasteiger partial charge in [0.2, 0.25) is 5.88 Å². The van der Waals surface area contributed by atoms with Crippen LogP contribution in [0.5, 0.6) is 5.88 Å². The van der Waals surface area contributed by atoms with Crippen molar-refractivity contribution in [2.24, 2.45) is 0 Å². The molecule has 0 spiro atoms. The number of nitrogens with zero attached hydrogens (tertiary/aromatic N) is 6. The van der Waals surface area contributed by atoms with Crippen molar-refractivity contribution in [2.75, 3.05) is 31.1 Å². The van der Waals surface area contributed by atoms with Crippen LogP contribution >= 0.6 is 0 Å². The van der Waals surface area contributed by atoms with Crippen LogP contribution in [-0.2, 0) is 6.61 Å². The van der Waals surface area contributed by atoms with Gasteiger partial charge in [-0.05, 0) is 24.3 Å². The molecule has 2 saturated heterocycles. The van der Waals surface area contributed by atoms with E-state index >= 15 is 0 Å². The van der Waals surface area contributed by atoms with E-state index in [1.54, 1.807) is 10.9 Å². The van der Waals surface area contributed by atoms with E-state index in [0.29, 0.717) is 31.6 Å². The van der Waals surface area contributed by atoms with E-state index in [1.165, 1.54) is 0 Å². The van der Waals surface area contributed by atoms with E-state index in [-0.39, 0.29) is 0 Å². The highest BCUT2D eigenvalue weighted by atomic mass is 19.1. The highest BCUT2D eigenvalue weighted by Gasteiger charge is 2.39. The van der Waals surface area contributed by atoms with Crippen LogP contribution in [0.25, 0.3) is 17.1 Å². The molecule has 7 nitrogen and oxygen atoms in total. The zero-order valence-corrected chi connectivity index (χ0v) is 15.2. The average molecular weight is 378 g/mol. The van der Waals surface area contributed by atoms with Crippen molar-refractivity contribution < 1.29 is 9.13 Å². The van der Waals surface area contributed by atoms with E-state index in [9.17, 15) is 4.39 Å². The molecule has 0 saturated carbocycles. The first kappa shape index (κ1) is 16.0. The smallest absolute Gasteiger partial charge is 0.223 e. The lowest BCUT2D eigenvalue weighted by molar-refractivity contribution is 0.0172. The van der Waals surface area contributed by atoms with Crippen LogP contribution in [0.3, 0.4) is 0 Å². The SMILES string of the molecule is FC1CN(C2CN(c3ccc(-n4cc5c(n4)-c4cccnc4OC5)nc3)C2)C1. The molecule has 3 aliphatic heterocycles. The Bertz CT molecular complexity index is 1020. The average Bonchev–Trinajstić information content (AvgIpc) is 3.11. The first-order valence-electron chi connectivity index (χ1n) is 9.51. The number of aromatic nitrogens is 4. The number of anilines is 1. The Hall–Kier alpha value is -3.00. The van der Waals surface area contributed by atoms with Gasteiger partial charge < -0.3 is 9.64 Å². The fourth-order valence-corrected chi connectivity index (χ4v) is 4.04. The van der Waals surface area contributed by atoms with Gasteiger partial charge >= 0.3 is 0 Å². The van der Waals surface area contributed by atoms with Crippen LogP contribution in [0.15, 0.2) is 42.9 Å². The van der Waals surface area contributed by atoms with Crippen molar-refractivity contribution in [3.05, 3.63) is 48.4 Å². The van der Waals surface area contributed by atoms with Gasteiger partial charge in [-0.15, -0.1) is 0 Å². The first-order valence-corrected chi connectivity index (χ1v) is 9.51. The summed E-state index contributed by atoms with van der Waals surface area (Å²) in [5, 5.41) is 4.71. The number of hydrogen-bond acceptors (Lipinski definition) is 6. The van der Waals surface area contributed by atoms with Crippen molar-refractivity contribution in [3.63, 3.8) is 0 Å². The van der Waals surface area contributed by atoms with E-state index in [2.05, 4.69) is 25.8 Å². The zero-order chi connectivity index (χ0) is 18.7. The molecule has 0 atom stereocenters. The van der Waals surface area contributed by atoms with Crippen LogP contribution in [0, 0.1) is 0 Å². The maximum atomic E-state index is 13.0. The number of likely N-dealkylation sites (tertiary alicyclic amines) is 1. The predicted octanol–water partition coefficient (Wildman–Crippen LogP) is 2.06. The summed E-state index contributed by atoms with van der Waals surface area (Å²) in [6, 6.07) is 8.38. The second kappa shape index (κ2) is 6.00. The summed E-state index contributed by atoms with van der Waals surface area (Å²) in [6.45, 7) is 3.50. The van der Waals surface area contributed by atoms with Gasteiger partial charge in [0.15, 0.2) is 5.82 Å². The molecule has 6 rings (SSSR count). The lowest BCUT2D eigenvalue weighted by atomic mass is 10.0. The van der Waals surface area contributed by atoms with Gasteiger partial charge in [-0.2, -0.15) is 5.10 Å². The Morgan fingerprint density at radius 2 is 1.96 bits per heavy atom. The molecule has 3 aliphatic rings. The van der Waals surface area contributed by atoms with E-state index in [1.807, 2.05) is 30.6 Å². The molecule has 8 heteroatoms. The number of pyridine rings is 2. The van der Waals surface area contributed by atoms with Crippen LogP contribution in [-0.4, -0.2) is 63.0 Å². The summed E-state index contributed by atoms with van der Waals surface area (Å²) in [6.07, 6.45) is 4.93. The molecular formula is C20H19FN6O. The summed E-state index contributed by atoms with van der Waals surface area (Å²) < 4.78 is 20.5. The minimum atomic E-state index is -0.636. The van der Waals surface area contributed by atoms with Gasteiger partial charge in [-0.25, -0.2) is 19.0 Å². The number of ether oxygens (including phenoxy) is 1.